The average molecular weight is 217 g/mol. The van der Waals surface area contributed by atoms with E-state index in [1.807, 2.05) is 18.7 Å². The Kier molecular flexibility index (Phi) is 3.96. The second-order valence-corrected chi connectivity index (χ2v) is 3.95. The maximum absolute atomic E-state index is 9.19. The Morgan fingerprint density at radius 2 is 2.21 bits per heavy atom. The number of aliphatic hydroxyl groups excluding tert-OH is 1. The summed E-state index contributed by atoms with van der Waals surface area (Å²) in [7, 11) is 1.89. The van der Waals surface area contributed by atoms with Crippen LogP contribution in [0.4, 0.5) is 0 Å². The monoisotopic (exact) mass is 216 g/mol. The molecule has 0 saturated carbocycles. The number of halogens is 1. The summed E-state index contributed by atoms with van der Waals surface area (Å²) in [4.78, 5) is 0. The van der Waals surface area contributed by atoms with Crippen LogP contribution in [-0.4, -0.2) is 21.0 Å². The normalized spacial score (nSPS) is 13.2. The van der Waals surface area contributed by atoms with E-state index in [9.17, 15) is 5.11 Å². The van der Waals surface area contributed by atoms with Crippen LogP contribution in [0.2, 0.25) is 5.02 Å². The lowest BCUT2D eigenvalue weighted by Gasteiger charge is -2.04. The van der Waals surface area contributed by atoms with Gasteiger partial charge in [-0.2, -0.15) is 5.10 Å². The quantitative estimate of drug-likeness (QED) is 0.836. The van der Waals surface area contributed by atoms with E-state index in [1.54, 1.807) is 6.92 Å². The number of hydrogen-bond donors (Lipinski definition) is 1. The van der Waals surface area contributed by atoms with Crippen LogP contribution >= 0.6 is 11.6 Å². The molecule has 0 bridgehead atoms. The summed E-state index contributed by atoms with van der Waals surface area (Å²) in [5.41, 5.74) is 1.96. The first-order chi connectivity index (χ1) is 6.56. The number of hydrogen-bond acceptors (Lipinski definition) is 2. The molecule has 0 saturated heterocycles. The molecule has 1 unspecified atom stereocenters. The molecule has 0 spiro atoms. The first-order valence-corrected chi connectivity index (χ1v) is 5.32. The lowest BCUT2D eigenvalue weighted by atomic mass is 10.1. The third kappa shape index (κ3) is 2.49. The van der Waals surface area contributed by atoms with E-state index in [2.05, 4.69) is 5.10 Å². The van der Waals surface area contributed by atoms with Gasteiger partial charge < -0.3 is 5.11 Å². The summed E-state index contributed by atoms with van der Waals surface area (Å²) in [6.07, 6.45) is 2.06. The maximum atomic E-state index is 9.19. The fourth-order valence-corrected chi connectivity index (χ4v) is 1.83. The molecule has 1 aromatic heterocycles. The Hall–Kier alpha value is -0.540. The zero-order valence-corrected chi connectivity index (χ0v) is 9.67. The predicted molar refractivity (Wildman–Crippen MR) is 57.6 cm³/mol. The number of aromatic nitrogens is 2. The highest BCUT2D eigenvalue weighted by Gasteiger charge is 2.12. The van der Waals surface area contributed by atoms with Gasteiger partial charge >= 0.3 is 0 Å². The third-order valence-electron chi connectivity index (χ3n) is 2.30. The Balaban J connectivity index is 2.80. The summed E-state index contributed by atoms with van der Waals surface area (Å²) >= 11 is 6.15. The number of rotatable bonds is 4. The molecule has 0 aliphatic rings. The average Bonchev–Trinajstić information content (AvgIpc) is 2.39. The summed E-state index contributed by atoms with van der Waals surface area (Å²) in [5, 5.41) is 14.3. The molecule has 3 nitrogen and oxygen atoms in total. The van der Waals surface area contributed by atoms with E-state index >= 15 is 0 Å². The summed E-state index contributed by atoms with van der Waals surface area (Å²) in [5.74, 6) is 0. The second-order valence-electron chi connectivity index (χ2n) is 3.57. The number of nitrogens with zero attached hydrogens (tertiary/aromatic N) is 2. The fourth-order valence-electron chi connectivity index (χ4n) is 1.44. The molecule has 1 heterocycles. The summed E-state index contributed by atoms with van der Waals surface area (Å²) in [6.45, 7) is 3.82. The van der Waals surface area contributed by atoms with E-state index in [4.69, 9.17) is 11.6 Å². The van der Waals surface area contributed by atoms with Crippen LogP contribution in [0, 0.1) is 0 Å². The molecule has 1 atom stereocenters. The van der Waals surface area contributed by atoms with Gasteiger partial charge in [0.25, 0.3) is 0 Å². The van der Waals surface area contributed by atoms with Crippen molar-refractivity contribution in [2.45, 2.75) is 39.2 Å². The van der Waals surface area contributed by atoms with Crippen molar-refractivity contribution in [3.8, 4) is 0 Å². The van der Waals surface area contributed by atoms with Gasteiger partial charge in [0.1, 0.15) is 0 Å². The zero-order valence-electron chi connectivity index (χ0n) is 8.92. The highest BCUT2D eigenvalue weighted by Crippen LogP contribution is 2.22. The largest absolute Gasteiger partial charge is 0.393 e. The minimum Gasteiger partial charge on any atom is -0.393 e. The van der Waals surface area contributed by atoms with Crippen LogP contribution < -0.4 is 0 Å². The van der Waals surface area contributed by atoms with Crippen molar-refractivity contribution in [1.82, 2.24) is 9.78 Å². The molecule has 0 fully saturated rings. The maximum Gasteiger partial charge on any atom is 0.0849 e. The molecule has 1 N–H and O–H groups in total. The van der Waals surface area contributed by atoms with Crippen LogP contribution in [0.1, 0.15) is 31.7 Å². The molecule has 0 aliphatic heterocycles. The van der Waals surface area contributed by atoms with Gasteiger partial charge in [-0.25, -0.2) is 0 Å². The standard InChI is InChI=1S/C10H17ClN2O/c1-4-8-10(11)9(13(3)12-8)6-5-7(2)14/h7,14H,4-6H2,1-3H3. The van der Waals surface area contributed by atoms with Gasteiger partial charge in [0.15, 0.2) is 0 Å². The predicted octanol–water partition coefficient (Wildman–Crippen LogP) is 1.95. The van der Waals surface area contributed by atoms with Gasteiger partial charge in [-0.15, -0.1) is 0 Å². The summed E-state index contributed by atoms with van der Waals surface area (Å²) < 4.78 is 1.81. The lowest BCUT2D eigenvalue weighted by Crippen LogP contribution is -2.05. The van der Waals surface area contributed by atoms with Gasteiger partial charge in [0.2, 0.25) is 0 Å². The smallest absolute Gasteiger partial charge is 0.0849 e. The van der Waals surface area contributed by atoms with Crippen molar-refractivity contribution >= 4 is 11.6 Å². The molecule has 0 radical (unpaired) electrons. The van der Waals surface area contributed by atoms with E-state index in [0.717, 1.165) is 35.7 Å². The van der Waals surface area contributed by atoms with Gasteiger partial charge in [-0.1, -0.05) is 18.5 Å². The Morgan fingerprint density at radius 3 is 2.64 bits per heavy atom. The molecular formula is C10H17ClN2O. The van der Waals surface area contributed by atoms with Crippen molar-refractivity contribution in [2.24, 2.45) is 7.05 Å². The number of aliphatic hydroxyl groups is 1. The minimum atomic E-state index is -0.286. The topological polar surface area (TPSA) is 38.0 Å². The summed E-state index contributed by atoms with van der Waals surface area (Å²) in [6, 6.07) is 0. The van der Waals surface area contributed by atoms with Crippen LogP contribution in [0.5, 0.6) is 0 Å². The van der Waals surface area contributed by atoms with E-state index in [0.29, 0.717) is 0 Å². The highest BCUT2D eigenvalue weighted by molar-refractivity contribution is 6.31. The molecule has 1 aromatic rings. The van der Waals surface area contributed by atoms with Crippen LogP contribution in [-0.2, 0) is 19.9 Å². The van der Waals surface area contributed by atoms with Crippen molar-refractivity contribution in [2.75, 3.05) is 0 Å². The molecule has 0 amide bonds. The first-order valence-electron chi connectivity index (χ1n) is 4.94. The zero-order chi connectivity index (χ0) is 10.7. The van der Waals surface area contributed by atoms with Gasteiger partial charge in [0, 0.05) is 7.05 Å². The minimum absolute atomic E-state index is 0.286. The van der Waals surface area contributed by atoms with Crippen molar-refractivity contribution in [3.63, 3.8) is 0 Å². The highest BCUT2D eigenvalue weighted by atomic mass is 35.5. The molecule has 14 heavy (non-hydrogen) atoms. The van der Waals surface area contributed by atoms with Crippen LogP contribution in [0.25, 0.3) is 0 Å². The molecule has 80 valence electrons. The first kappa shape index (κ1) is 11.5. The van der Waals surface area contributed by atoms with Crippen LogP contribution in [0.15, 0.2) is 0 Å². The molecule has 0 aromatic carbocycles. The van der Waals surface area contributed by atoms with Crippen molar-refractivity contribution in [1.29, 1.82) is 0 Å². The Bertz CT molecular complexity index is 307. The fraction of sp³-hybridized carbons (Fsp3) is 0.700. The van der Waals surface area contributed by atoms with Crippen LogP contribution in [0.3, 0.4) is 0 Å². The SMILES string of the molecule is CCc1nn(C)c(CCC(C)O)c1Cl. The molecule has 4 heteroatoms. The van der Waals surface area contributed by atoms with E-state index < -0.39 is 0 Å². The van der Waals surface area contributed by atoms with E-state index in [-0.39, 0.29) is 6.10 Å². The number of aryl methyl sites for hydroxylation is 2. The van der Waals surface area contributed by atoms with Gasteiger partial charge in [-0.05, 0) is 26.2 Å². The van der Waals surface area contributed by atoms with Gasteiger partial charge in [0.05, 0.1) is 22.5 Å². The second kappa shape index (κ2) is 4.80. The third-order valence-corrected chi connectivity index (χ3v) is 2.74. The Morgan fingerprint density at radius 1 is 1.57 bits per heavy atom. The van der Waals surface area contributed by atoms with E-state index in [1.165, 1.54) is 0 Å². The van der Waals surface area contributed by atoms with Gasteiger partial charge in [-0.3, -0.25) is 4.68 Å². The van der Waals surface area contributed by atoms with Crippen molar-refractivity contribution < 1.29 is 5.11 Å². The molecule has 1 rings (SSSR count). The Labute approximate surface area is 89.7 Å². The molecule has 0 aliphatic carbocycles. The molecular weight excluding hydrogens is 200 g/mol. The van der Waals surface area contributed by atoms with Crippen molar-refractivity contribution in [3.05, 3.63) is 16.4 Å². The lowest BCUT2D eigenvalue weighted by molar-refractivity contribution is 0.184.